The third kappa shape index (κ3) is 2.37. The second-order valence-electron chi connectivity index (χ2n) is 3.77. The average molecular weight is 161 g/mol. The van der Waals surface area contributed by atoms with Gasteiger partial charge in [-0.3, -0.25) is 0 Å². The Kier molecular flexibility index (Phi) is 2.91. The maximum atomic E-state index is 2.30. The molecule has 0 atom stereocenters. The first-order valence-corrected chi connectivity index (χ1v) is 4.51. The molecule has 0 nitrogen and oxygen atoms in total. The molecule has 65 valence electrons. The Labute approximate surface area is 75.6 Å². The van der Waals surface area contributed by atoms with Gasteiger partial charge in [0.25, 0.3) is 0 Å². The Morgan fingerprint density at radius 2 is 1.83 bits per heavy atom. The lowest BCUT2D eigenvalue weighted by Gasteiger charge is -2.08. The molecule has 0 N–H and O–H groups in total. The van der Waals surface area contributed by atoms with E-state index in [4.69, 9.17) is 0 Å². The lowest BCUT2D eigenvalue weighted by molar-refractivity contribution is 0.774. The molecule has 0 aliphatic carbocycles. The summed E-state index contributed by atoms with van der Waals surface area (Å²) in [7, 11) is 0. The Balaban J connectivity index is 2.86. The van der Waals surface area contributed by atoms with Crippen LogP contribution in [0, 0.1) is 26.2 Å². The molecule has 12 heavy (non-hydrogen) atoms. The van der Waals surface area contributed by atoms with Crippen molar-refractivity contribution < 1.29 is 0 Å². The zero-order valence-corrected chi connectivity index (χ0v) is 8.39. The first kappa shape index (κ1) is 9.31. The van der Waals surface area contributed by atoms with Crippen LogP contribution in [0.1, 0.15) is 30.5 Å². The van der Waals surface area contributed by atoms with Crippen molar-refractivity contribution in [2.45, 2.75) is 27.7 Å². The summed E-state index contributed by atoms with van der Waals surface area (Å²) in [6, 6.07) is 6.60. The van der Waals surface area contributed by atoms with Crippen LogP contribution in [0.3, 0.4) is 0 Å². The van der Waals surface area contributed by atoms with E-state index < -0.39 is 0 Å². The van der Waals surface area contributed by atoms with Crippen LogP contribution in [-0.4, -0.2) is 0 Å². The average Bonchev–Trinajstić information content (AvgIpc) is 1.94. The van der Waals surface area contributed by atoms with Crippen LogP contribution >= 0.6 is 0 Å². The minimum atomic E-state index is 0.631. The fourth-order valence-corrected chi connectivity index (χ4v) is 1.37. The fourth-order valence-electron chi connectivity index (χ4n) is 1.37. The molecule has 0 bridgehead atoms. The Morgan fingerprint density at radius 3 is 2.33 bits per heavy atom. The van der Waals surface area contributed by atoms with Gasteiger partial charge in [0, 0.05) is 0 Å². The number of hydrogen-bond acceptors (Lipinski definition) is 0. The third-order valence-corrected chi connectivity index (χ3v) is 1.94. The molecule has 0 amide bonds. The molecular formula is C12H17. The highest BCUT2D eigenvalue weighted by molar-refractivity contribution is 5.35. The van der Waals surface area contributed by atoms with Crippen LogP contribution in [0.4, 0.5) is 0 Å². The molecule has 0 aliphatic heterocycles. The van der Waals surface area contributed by atoms with Crippen molar-refractivity contribution in [2.24, 2.45) is 5.92 Å². The van der Waals surface area contributed by atoms with Gasteiger partial charge in [-0.15, -0.1) is 0 Å². The standard InChI is InChI=1S/C12H17/c1-9(2)7-12-6-5-10(3)8-11(12)4/h5-9H,1-4H3. The predicted octanol–water partition coefficient (Wildman–Crippen LogP) is 3.51. The molecule has 1 aromatic rings. The maximum Gasteiger partial charge on any atom is -0.00648 e. The minimum Gasteiger partial charge on any atom is -0.0622 e. The van der Waals surface area contributed by atoms with Crippen molar-refractivity contribution in [1.82, 2.24) is 0 Å². The van der Waals surface area contributed by atoms with Crippen LogP contribution in [0.2, 0.25) is 0 Å². The summed E-state index contributed by atoms with van der Waals surface area (Å²) in [4.78, 5) is 0. The van der Waals surface area contributed by atoms with E-state index in [1.165, 1.54) is 16.7 Å². The first-order valence-electron chi connectivity index (χ1n) is 4.51. The first-order chi connectivity index (χ1) is 5.59. The number of rotatable bonds is 2. The van der Waals surface area contributed by atoms with Crippen molar-refractivity contribution in [3.05, 3.63) is 41.3 Å². The summed E-state index contributed by atoms with van der Waals surface area (Å²) in [5.41, 5.74) is 4.09. The van der Waals surface area contributed by atoms with Crippen LogP contribution < -0.4 is 0 Å². The molecule has 0 heteroatoms. The van der Waals surface area contributed by atoms with Gasteiger partial charge < -0.3 is 0 Å². The highest BCUT2D eigenvalue weighted by Gasteiger charge is 2.01. The normalized spacial score (nSPS) is 10.8. The van der Waals surface area contributed by atoms with Crippen LogP contribution in [0.5, 0.6) is 0 Å². The van der Waals surface area contributed by atoms with Gasteiger partial charge in [0.1, 0.15) is 0 Å². The van der Waals surface area contributed by atoms with Gasteiger partial charge in [0.05, 0.1) is 0 Å². The third-order valence-electron chi connectivity index (χ3n) is 1.94. The van der Waals surface area contributed by atoms with Crippen molar-refractivity contribution in [2.75, 3.05) is 0 Å². The van der Waals surface area contributed by atoms with Gasteiger partial charge in [-0.25, -0.2) is 0 Å². The highest BCUT2D eigenvalue weighted by Crippen LogP contribution is 2.16. The molecule has 1 rings (SSSR count). The van der Waals surface area contributed by atoms with E-state index in [0.29, 0.717) is 5.92 Å². The smallest absolute Gasteiger partial charge is 0.00648 e. The SMILES string of the molecule is Cc1ccc([CH]C(C)C)c(C)c1. The summed E-state index contributed by atoms with van der Waals surface area (Å²) in [6.07, 6.45) is 2.30. The van der Waals surface area contributed by atoms with E-state index in [-0.39, 0.29) is 0 Å². The van der Waals surface area contributed by atoms with Gasteiger partial charge in [-0.1, -0.05) is 37.6 Å². The molecule has 1 radical (unpaired) electrons. The molecule has 0 aliphatic rings. The van der Waals surface area contributed by atoms with Gasteiger partial charge in [0.15, 0.2) is 0 Å². The fraction of sp³-hybridized carbons (Fsp3) is 0.417. The van der Waals surface area contributed by atoms with Gasteiger partial charge in [-0.2, -0.15) is 0 Å². The molecule has 0 saturated carbocycles. The van der Waals surface area contributed by atoms with Gasteiger partial charge >= 0.3 is 0 Å². The van der Waals surface area contributed by atoms with E-state index in [1.807, 2.05) is 0 Å². The number of hydrogen-bond donors (Lipinski definition) is 0. The Morgan fingerprint density at radius 1 is 1.17 bits per heavy atom. The zero-order valence-electron chi connectivity index (χ0n) is 8.39. The molecule has 0 saturated heterocycles. The molecule has 0 aromatic heterocycles. The van der Waals surface area contributed by atoms with Crippen molar-refractivity contribution in [3.63, 3.8) is 0 Å². The van der Waals surface area contributed by atoms with Crippen molar-refractivity contribution in [1.29, 1.82) is 0 Å². The molecule has 1 aromatic carbocycles. The second kappa shape index (κ2) is 3.75. The van der Waals surface area contributed by atoms with E-state index >= 15 is 0 Å². The molecular weight excluding hydrogens is 144 g/mol. The molecule has 0 unspecified atom stereocenters. The maximum absolute atomic E-state index is 2.30. The molecule has 0 fully saturated rings. The lowest BCUT2D eigenvalue weighted by Crippen LogP contribution is -1.93. The lowest BCUT2D eigenvalue weighted by atomic mass is 9.97. The van der Waals surface area contributed by atoms with Crippen LogP contribution in [0.15, 0.2) is 18.2 Å². The predicted molar refractivity (Wildman–Crippen MR) is 54.2 cm³/mol. The summed E-state index contributed by atoms with van der Waals surface area (Å²) < 4.78 is 0. The Hall–Kier alpha value is -0.780. The second-order valence-corrected chi connectivity index (χ2v) is 3.77. The summed E-state index contributed by atoms with van der Waals surface area (Å²) in [5, 5.41) is 0. The van der Waals surface area contributed by atoms with E-state index in [1.54, 1.807) is 0 Å². The minimum absolute atomic E-state index is 0.631. The quantitative estimate of drug-likeness (QED) is 0.622. The summed E-state index contributed by atoms with van der Waals surface area (Å²) in [5.74, 6) is 0.631. The van der Waals surface area contributed by atoms with Crippen molar-refractivity contribution in [3.8, 4) is 0 Å². The van der Waals surface area contributed by atoms with E-state index in [9.17, 15) is 0 Å². The summed E-state index contributed by atoms with van der Waals surface area (Å²) in [6.45, 7) is 8.71. The summed E-state index contributed by atoms with van der Waals surface area (Å²) >= 11 is 0. The van der Waals surface area contributed by atoms with E-state index in [2.05, 4.69) is 52.3 Å². The van der Waals surface area contributed by atoms with Crippen LogP contribution in [0.25, 0.3) is 0 Å². The number of aryl methyl sites for hydroxylation is 2. The largest absolute Gasteiger partial charge is 0.0622 e. The highest BCUT2D eigenvalue weighted by atomic mass is 14.1. The van der Waals surface area contributed by atoms with Crippen molar-refractivity contribution >= 4 is 0 Å². The van der Waals surface area contributed by atoms with Crippen LogP contribution in [-0.2, 0) is 0 Å². The topological polar surface area (TPSA) is 0 Å². The van der Waals surface area contributed by atoms with E-state index in [0.717, 1.165) is 0 Å². The Bertz CT molecular complexity index is 259. The monoisotopic (exact) mass is 161 g/mol. The number of benzene rings is 1. The zero-order chi connectivity index (χ0) is 9.14. The van der Waals surface area contributed by atoms with Gasteiger partial charge in [-0.05, 0) is 37.3 Å². The molecule has 0 heterocycles. The van der Waals surface area contributed by atoms with Gasteiger partial charge in [0.2, 0.25) is 0 Å². The molecule has 0 spiro atoms.